The summed E-state index contributed by atoms with van der Waals surface area (Å²) in [5, 5.41) is 2.30. The Morgan fingerprint density at radius 1 is 0.268 bits per heavy atom. The molecule has 11 rings (SSSR count). The summed E-state index contributed by atoms with van der Waals surface area (Å²) in [4.78, 5) is 32.3. The van der Waals surface area contributed by atoms with Crippen molar-refractivity contribution in [1.29, 1.82) is 0 Å². The normalized spacial score (nSPS) is 11.4. The molecule has 0 saturated carbocycles. The quantitative estimate of drug-likeness (QED) is 0.143. The minimum Gasteiger partial charge on any atom is -0.308 e. The number of fused-ring (bicyclic) bond motifs is 3. The number of nitrogens with zero attached hydrogens (tertiary/aromatic N) is 7. The molecule has 0 fully saturated rings. The maximum atomic E-state index is 5.56. The van der Waals surface area contributed by atoms with E-state index >= 15 is 0 Å². The van der Waals surface area contributed by atoms with Crippen molar-refractivity contribution in [3.05, 3.63) is 152 Å². The summed E-state index contributed by atoms with van der Waals surface area (Å²) >= 11 is 0. The first-order chi connectivity index (χ1) is 34.4. The molecule has 8 aromatic carbocycles. The Morgan fingerprint density at radius 2 is 0.648 bits per heavy atom. The van der Waals surface area contributed by atoms with E-state index in [1.165, 1.54) is 32.8 Å². The van der Waals surface area contributed by atoms with Crippen molar-refractivity contribution in [2.75, 3.05) is 0 Å². The Hall–Kier alpha value is -7.77. The minimum atomic E-state index is 0.541. The van der Waals surface area contributed by atoms with Crippen molar-refractivity contribution < 1.29 is 0 Å². The maximum absolute atomic E-state index is 5.56. The molecule has 0 aliphatic carbocycles. The largest absolute Gasteiger partial charge is 0.308 e. The molecular formula is C54H45B10N7. The third kappa shape index (κ3) is 7.88. The molecule has 0 unspecified atom stereocenters. The monoisotopic (exact) mass is 901 g/mol. The van der Waals surface area contributed by atoms with Gasteiger partial charge in [-0.3, -0.25) is 0 Å². The van der Waals surface area contributed by atoms with Gasteiger partial charge < -0.3 is 4.57 Å². The van der Waals surface area contributed by atoms with Crippen LogP contribution in [-0.4, -0.2) is 113 Å². The van der Waals surface area contributed by atoms with Gasteiger partial charge in [0, 0.05) is 44.2 Å². The van der Waals surface area contributed by atoms with Crippen LogP contribution in [0.25, 0.3) is 107 Å². The van der Waals surface area contributed by atoms with Crippen LogP contribution in [-0.2, 0) is 0 Å². The van der Waals surface area contributed by atoms with Gasteiger partial charge in [0.25, 0.3) is 0 Å². The predicted molar refractivity (Wildman–Crippen MR) is 327 cm³/mol. The zero-order valence-corrected chi connectivity index (χ0v) is 42.1. The summed E-state index contributed by atoms with van der Waals surface area (Å²) in [5.41, 5.74) is 23.0. The molecule has 3 heterocycles. The van der Waals surface area contributed by atoms with Crippen LogP contribution in [0.5, 0.6) is 0 Å². The lowest BCUT2D eigenvalue weighted by Gasteiger charge is -2.21. The number of hydrogen-bond acceptors (Lipinski definition) is 6. The molecule has 0 amide bonds. The summed E-state index contributed by atoms with van der Waals surface area (Å²) in [6.45, 7) is 0. The molecule has 0 bridgehead atoms. The molecule has 7 nitrogen and oxygen atoms in total. The lowest BCUT2D eigenvalue weighted by Crippen LogP contribution is -2.55. The zero-order valence-electron chi connectivity index (χ0n) is 42.1. The number of benzene rings is 8. The molecule has 0 N–H and O–H groups in total. The Kier molecular flexibility index (Phi) is 11.7. The Balaban J connectivity index is 1.25. The second kappa shape index (κ2) is 18.2. The van der Waals surface area contributed by atoms with Gasteiger partial charge in [0.2, 0.25) is 0 Å². The van der Waals surface area contributed by atoms with Crippen LogP contribution in [0.2, 0.25) is 0 Å². The van der Waals surface area contributed by atoms with Crippen molar-refractivity contribution >= 4 is 155 Å². The van der Waals surface area contributed by atoms with Crippen molar-refractivity contribution in [1.82, 2.24) is 34.5 Å². The van der Waals surface area contributed by atoms with E-state index in [0.29, 0.717) is 34.9 Å². The molecule has 0 saturated heterocycles. The highest BCUT2D eigenvalue weighted by molar-refractivity contribution is 6.69. The molecule has 326 valence electrons. The van der Waals surface area contributed by atoms with Gasteiger partial charge in [0.1, 0.15) is 78.5 Å². The number of para-hydroxylation sites is 1. The summed E-state index contributed by atoms with van der Waals surface area (Å²) in [7, 11) is 21.9. The second-order valence-electron chi connectivity index (χ2n) is 19.0. The van der Waals surface area contributed by atoms with Crippen LogP contribution in [0.4, 0.5) is 0 Å². The number of rotatable bonds is 8. The summed E-state index contributed by atoms with van der Waals surface area (Å²) in [6, 6.07) is 52.9. The van der Waals surface area contributed by atoms with E-state index in [9.17, 15) is 0 Å². The Morgan fingerprint density at radius 3 is 1.17 bits per heavy atom. The number of aromatic nitrogens is 7. The third-order valence-electron chi connectivity index (χ3n) is 15.3. The molecule has 0 aliphatic heterocycles. The van der Waals surface area contributed by atoms with Crippen LogP contribution < -0.4 is 54.6 Å². The third-order valence-corrected chi connectivity index (χ3v) is 15.3. The minimum absolute atomic E-state index is 0.541. The Labute approximate surface area is 424 Å². The van der Waals surface area contributed by atoms with Crippen LogP contribution in [0.3, 0.4) is 0 Å². The second-order valence-corrected chi connectivity index (χ2v) is 19.0. The van der Waals surface area contributed by atoms with Gasteiger partial charge in [-0.2, -0.15) is 0 Å². The average Bonchev–Trinajstić information content (AvgIpc) is 3.74. The van der Waals surface area contributed by atoms with E-state index < -0.39 is 0 Å². The summed E-state index contributed by atoms with van der Waals surface area (Å²) < 4.78 is 2.37. The van der Waals surface area contributed by atoms with Crippen molar-refractivity contribution in [2.24, 2.45) is 0 Å². The highest BCUT2D eigenvalue weighted by atomic mass is 15.1. The molecule has 3 aromatic heterocycles. The van der Waals surface area contributed by atoms with Gasteiger partial charge in [-0.05, 0) is 41.5 Å². The zero-order chi connectivity index (χ0) is 49.2. The standard InChI is InChI=1S/C54H45B10N7/c55-39-37(40(56)44(60)47(63)43(39)59)53-67-49(27-14-6-2-7-15-27)65-51(69-53)30-21-23-35(71-34-19-11-10-18-31(34)32-22-20-29(25-36(32)71)26-12-4-1-5-13-26)33(24-30)52-66-50(28-16-8-3-9-17-28)68-54(70-52)38-41(57)45(61)48(64)46(62)42(38)58/h1-25H,55-64H2. The van der Waals surface area contributed by atoms with Crippen LogP contribution >= 0.6 is 0 Å². The van der Waals surface area contributed by atoms with Gasteiger partial charge in [-0.25, -0.2) is 29.9 Å². The van der Waals surface area contributed by atoms with Gasteiger partial charge in [0.15, 0.2) is 34.9 Å². The van der Waals surface area contributed by atoms with Crippen LogP contribution in [0.15, 0.2) is 152 Å². The maximum Gasteiger partial charge on any atom is 0.166 e. The average molecular weight is 900 g/mol. The topological polar surface area (TPSA) is 82.3 Å². The predicted octanol–water partition coefficient (Wildman–Crippen LogP) is -4.59. The molecule has 11 aromatic rings. The smallest absolute Gasteiger partial charge is 0.166 e. The summed E-state index contributed by atoms with van der Waals surface area (Å²) in [6.07, 6.45) is 0. The highest BCUT2D eigenvalue weighted by Gasteiger charge is 2.25. The van der Waals surface area contributed by atoms with E-state index in [-0.39, 0.29) is 0 Å². The van der Waals surface area contributed by atoms with Crippen LogP contribution in [0, 0.1) is 0 Å². The van der Waals surface area contributed by atoms with Crippen LogP contribution in [0.1, 0.15) is 0 Å². The molecule has 0 aliphatic rings. The fraction of sp³-hybridized carbons (Fsp3) is 0. The van der Waals surface area contributed by atoms with Gasteiger partial charge >= 0.3 is 0 Å². The molecule has 71 heavy (non-hydrogen) atoms. The Bertz CT molecular complexity index is 3890. The molecule has 0 atom stereocenters. The number of hydrogen-bond donors (Lipinski definition) is 0. The highest BCUT2D eigenvalue weighted by Crippen LogP contribution is 2.39. The van der Waals surface area contributed by atoms with Crippen molar-refractivity contribution in [3.8, 4) is 85.1 Å². The van der Waals surface area contributed by atoms with E-state index in [4.69, 9.17) is 29.9 Å². The van der Waals surface area contributed by atoms with Gasteiger partial charge in [0.05, 0.1) is 16.7 Å². The fourth-order valence-electron chi connectivity index (χ4n) is 10.4. The van der Waals surface area contributed by atoms with E-state index in [2.05, 4.69) is 198 Å². The summed E-state index contributed by atoms with van der Waals surface area (Å²) in [5.74, 6) is 3.56. The lowest BCUT2D eigenvalue weighted by atomic mass is 9.60. The molecule has 0 spiro atoms. The van der Waals surface area contributed by atoms with E-state index in [1.54, 1.807) is 0 Å². The van der Waals surface area contributed by atoms with Crippen molar-refractivity contribution in [3.63, 3.8) is 0 Å². The first kappa shape index (κ1) is 45.7. The van der Waals surface area contributed by atoms with Gasteiger partial charge in [-0.15, -0.1) is 32.8 Å². The van der Waals surface area contributed by atoms with E-state index in [1.807, 2.05) is 36.4 Å². The molecule has 0 radical (unpaired) electrons. The fourth-order valence-corrected chi connectivity index (χ4v) is 10.4. The first-order valence-corrected chi connectivity index (χ1v) is 24.4. The van der Waals surface area contributed by atoms with Gasteiger partial charge in [-0.1, -0.05) is 143 Å². The SMILES string of the molecule is Bc1c(B)c(B)c(-c2nc(-c3ccccc3)nc(-c3ccc(-n4c5ccccc5c5ccc(-c6ccccc6)cc54)c(-c4nc(-c5ccccc5)nc(-c5c(B)c(B)c(B)c(B)c5B)n4)c3)n2)c(B)c1B. The molecule has 17 heteroatoms. The lowest BCUT2D eigenvalue weighted by molar-refractivity contribution is 1.06. The van der Waals surface area contributed by atoms with E-state index in [0.717, 1.165) is 93.9 Å². The van der Waals surface area contributed by atoms with Crippen molar-refractivity contribution in [2.45, 2.75) is 0 Å². The molecular weight excluding hydrogens is 855 g/mol. The first-order valence-electron chi connectivity index (χ1n) is 24.4.